The lowest BCUT2D eigenvalue weighted by Gasteiger charge is -2.42. The van der Waals surface area contributed by atoms with Crippen LogP contribution in [0.25, 0.3) is 0 Å². The fraction of sp³-hybridized carbons (Fsp3) is 0.381. The van der Waals surface area contributed by atoms with Gasteiger partial charge in [-0.15, -0.1) is 0 Å². The summed E-state index contributed by atoms with van der Waals surface area (Å²) in [7, 11) is 0. The van der Waals surface area contributed by atoms with Gasteiger partial charge in [-0.2, -0.15) is 0 Å². The molecule has 140 valence electrons. The highest BCUT2D eigenvalue weighted by Crippen LogP contribution is 2.30. The van der Waals surface area contributed by atoms with E-state index in [-0.39, 0.29) is 17.6 Å². The SMILES string of the molecule is O=C(c1ccc([N+](=O)[O-])cc1)N1CCN(C2CC2)CC1Cc1ccccc1. The van der Waals surface area contributed by atoms with Gasteiger partial charge in [0.05, 0.1) is 4.92 Å². The molecule has 27 heavy (non-hydrogen) atoms. The van der Waals surface area contributed by atoms with E-state index in [2.05, 4.69) is 17.0 Å². The molecule has 1 atom stereocenters. The first kappa shape index (κ1) is 17.7. The summed E-state index contributed by atoms with van der Waals surface area (Å²) in [6, 6.07) is 17.0. The molecule has 2 fully saturated rings. The number of nitrogens with zero attached hydrogens (tertiary/aromatic N) is 3. The average molecular weight is 365 g/mol. The highest BCUT2D eigenvalue weighted by molar-refractivity contribution is 5.94. The van der Waals surface area contributed by atoms with Gasteiger partial charge < -0.3 is 4.90 Å². The molecule has 0 radical (unpaired) electrons. The van der Waals surface area contributed by atoms with E-state index in [9.17, 15) is 14.9 Å². The monoisotopic (exact) mass is 365 g/mol. The van der Waals surface area contributed by atoms with E-state index in [0.717, 1.165) is 19.5 Å². The molecule has 2 aliphatic rings. The number of benzene rings is 2. The Hall–Kier alpha value is -2.73. The van der Waals surface area contributed by atoms with Gasteiger partial charge >= 0.3 is 0 Å². The second-order valence-corrected chi connectivity index (χ2v) is 7.37. The van der Waals surface area contributed by atoms with Gasteiger partial charge in [-0.25, -0.2) is 0 Å². The highest BCUT2D eigenvalue weighted by atomic mass is 16.6. The number of carbonyl (C=O) groups is 1. The first-order valence-electron chi connectivity index (χ1n) is 9.45. The molecule has 6 heteroatoms. The highest BCUT2D eigenvalue weighted by Gasteiger charge is 2.37. The Morgan fingerprint density at radius 2 is 1.74 bits per heavy atom. The Balaban J connectivity index is 1.54. The summed E-state index contributed by atoms with van der Waals surface area (Å²) in [6.07, 6.45) is 3.34. The molecule has 0 aromatic heterocycles. The average Bonchev–Trinajstić information content (AvgIpc) is 3.54. The van der Waals surface area contributed by atoms with Crippen LogP contribution >= 0.6 is 0 Å². The van der Waals surface area contributed by atoms with E-state index in [1.165, 1.54) is 30.5 Å². The van der Waals surface area contributed by atoms with Gasteiger partial charge in [-0.05, 0) is 37.0 Å². The zero-order chi connectivity index (χ0) is 18.8. The van der Waals surface area contributed by atoms with Gasteiger partial charge in [-0.3, -0.25) is 19.8 Å². The van der Waals surface area contributed by atoms with Crippen molar-refractivity contribution in [3.8, 4) is 0 Å². The minimum atomic E-state index is -0.444. The Morgan fingerprint density at radius 1 is 1.04 bits per heavy atom. The minimum absolute atomic E-state index is 0.00550. The third-order valence-corrected chi connectivity index (χ3v) is 5.48. The van der Waals surface area contributed by atoms with Crippen molar-refractivity contribution in [3.05, 3.63) is 75.8 Å². The van der Waals surface area contributed by atoms with Crippen molar-refractivity contribution < 1.29 is 9.72 Å². The van der Waals surface area contributed by atoms with E-state index >= 15 is 0 Å². The Bertz CT molecular complexity index is 818. The second kappa shape index (κ2) is 7.48. The van der Waals surface area contributed by atoms with Crippen molar-refractivity contribution in [2.45, 2.75) is 31.3 Å². The van der Waals surface area contributed by atoms with Gasteiger partial charge in [0.1, 0.15) is 0 Å². The number of piperazine rings is 1. The van der Waals surface area contributed by atoms with Crippen molar-refractivity contribution >= 4 is 11.6 Å². The van der Waals surface area contributed by atoms with Crippen LogP contribution in [0, 0.1) is 10.1 Å². The van der Waals surface area contributed by atoms with Crippen LogP contribution in [0.2, 0.25) is 0 Å². The third-order valence-electron chi connectivity index (χ3n) is 5.48. The molecule has 1 aliphatic heterocycles. The molecule has 4 rings (SSSR count). The normalized spacial score (nSPS) is 20.4. The van der Waals surface area contributed by atoms with E-state index in [1.54, 1.807) is 12.1 Å². The molecule has 0 N–H and O–H groups in total. The van der Waals surface area contributed by atoms with Gasteiger partial charge in [0.2, 0.25) is 0 Å². The van der Waals surface area contributed by atoms with Gasteiger partial charge in [0, 0.05) is 49.4 Å². The van der Waals surface area contributed by atoms with Crippen LogP contribution < -0.4 is 0 Å². The Kier molecular flexibility index (Phi) is 4.90. The van der Waals surface area contributed by atoms with Crippen LogP contribution in [-0.2, 0) is 6.42 Å². The molecular formula is C21H23N3O3. The summed E-state index contributed by atoms with van der Waals surface area (Å²) in [6.45, 7) is 2.48. The molecule has 1 saturated carbocycles. The number of hydrogen-bond acceptors (Lipinski definition) is 4. The number of hydrogen-bond donors (Lipinski definition) is 0. The van der Waals surface area contributed by atoms with Crippen molar-refractivity contribution in [1.82, 2.24) is 9.80 Å². The Labute approximate surface area is 158 Å². The predicted octanol–water partition coefficient (Wildman–Crippen LogP) is 3.13. The van der Waals surface area contributed by atoms with Crippen LogP contribution in [0.15, 0.2) is 54.6 Å². The van der Waals surface area contributed by atoms with Crippen LogP contribution in [0.4, 0.5) is 5.69 Å². The number of amides is 1. The summed E-state index contributed by atoms with van der Waals surface area (Å²) < 4.78 is 0. The molecule has 2 aromatic carbocycles. The number of rotatable bonds is 5. The van der Waals surface area contributed by atoms with Gasteiger partial charge in [0.15, 0.2) is 0 Å². The number of non-ortho nitro benzene ring substituents is 1. The topological polar surface area (TPSA) is 66.7 Å². The molecule has 6 nitrogen and oxygen atoms in total. The summed E-state index contributed by atoms with van der Waals surface area (Å²) in [5, 5.41) is 10.8. The lowest BCUT2D eigenvalue weighted by molar-refractivity contribution is -0.384. The van der Waals surface area contributed by atoms with E-state index < -0.39 is 4.92 Å². The maximum absolute atomic E-state index is 13.1. The van der Waals surface area contributed by atoms with Crippen molar-refractivity contribution in [3.63, 3.8) is 0 Å². The third kappa shape index (κ3) is 4.01. The van der Waals surface area contributed by atoms with Crippen molar-refractivity contribution in [1.29, 1.82) is 0 Å². The van der Waals surface area contributed by atoms with E-state index in [4.69, 9.17) is 0 Å². The Morgan fingerprint density at radius 3 is 2.37 bits per heavy atom. The summed E-state index contributed by atoms with van der Waals surface area (Å²) in [4.78, 5) is 28.0. The maximum atomic E-state index is 13.1. The molecule has 1 heterocycles. The van der Waals surface area contributed by atoms with Gasteiger partial charge in [-0.1, -0.05) is 30.3 Å². The molecule has 1 amide bonds. The zero-order valence-electron chi connectivity index (χ0n) is 15.2. The second-order valence-electron chi connectivity index (χ2n) is 7.37. The predicted molar refractivity (Wildman–Crippen MR) is 103 cm³/mol. The first-order chi connectivity index (χ1) is 13.1. The van der Waals surface area contributed by atoms with Crippen molar-refractivity contribution in [2.24, 2.45) is 0 Å². The quantitative estimate of drug-likeness (QED) is 0.603. The van der Waals surface area contributed by atoms with Crippen LogP contribution in [-0.4, -0.2) is 52.3 Å². The zero-order valence-corrected chi connectivity index (χ0v) is 15.2. The molecule has 0 spiro atoms. The molecule has 2 aromatic rings. The van der Waals surface area contributed by atoms with E-state index in [0.29, 0.717) is 18.2 Å². The lowest BCUT2D eigenvalue weighted by Crippen LogP contribution is -2.56. The smallest absolute Gasteiger partial charge is 0.269 e. The fourth-order valence-corrected chi connectivity index (χ4v) is 3.87. The minimum Gasteiger partial charge on any atom is -0.333 e. The first-order valence-corrected chi connectivity index (χ1v) is 9.45. The molecule has 1 unspecified atom stereocenters. The molecule has 0 bridgehead atoms. The fourth-order valence-electron chi connectivity index (χ4n) is 3.87. The van der Waals surface area contributed by atoms with Gasteiger partial charge in [0.25, 0.3) is 11.6 Å². The largest absolute Gasteiger partial charge is 0.333 e. The molecule has 1 saturated heterocycles. The number of nitro benzene ring substituents is 1. The standard InChI is InChI=1S/C21H23N3O3/c25-21(17-6-8-19(9-7-17)24(26)27)23-13-12-22(18-10-11-18)15-20(23)14-16-4-2-1-3-5-16/h1-9,18,20H,10-15H2. The lowest BCUT2D eigenvalue weighted by atomic mass is 10.0. The van der Waals surface area contributed by atoms with Crippen LogP contribution in [0.5, 0.6) is 0 Å². The number of nitro groups is 1. The summed E-state index contributed by atoms with van der Waals surface area (Å²) >= 11 is 0. The van der Waals surface area contributed by atoms with Crippen LogP contribution in [0.1, 0.15) is 28.8 Å². The molecule has 1 aliphatic carbocycles. The van der Waals surface area contributed by atoms with E-state index in [1.807, 2.05) is 23.1 Å². The summed E-state index contributed by atoms with van der Waals surface area (Å²) in [5.41, 5.74) is 1.74. The van der Waals surface area contributed by atoms with Crippen LogP contribution in [0.3, 0.4) is 0 Å². The summed E-state index contributed by atoms with van der Waals surface area (Å²) in [5.74, 6) is -0.0405. The molecular weight excluding hydrogens is 342 g/mol. The maximum Gasteiger partial charge on any atom is 0.269 e. The van der Waals surface area contributed by atoms with Crippen molar-refractivity contribution in [2.75, 3.05) is 19.6 Å². The number of carbonyl (C=O) groups excluding carboxylic acids is 1.